The molecule has 72 valence electrons. The summed E-state index contributed by atoms with van der Waals surface area (Å²) in [4.78, 5) is 0. The Labute approximate surface area is 82.3 Å². The highest BCUT2D eigenvalue weighted by atomic mass is 32.1. The Kier molecular flexibility index (Phi) is 3.57. The molecule has 0 aliphatic rings. The number of hydrogen-bond donors (Lipinski definition) is 2. The summed E-state index contributed by atoms with van der Waals surface area (Å²) < 4.78 is 17.9. The van der Waals surface area contributed by atoms with Crippen molar-refractivity contribution < 1.29 is 9.13 Å². The summed E-state index contributed by atoms with van der Waals surface area (Å²) in [7, 11) is 1.43. The second kappa shape index (κ2) is 4.48. The maximum atomic E-state index is 13.1. The molecule has 0 aromatic heterocycles. The van der Waals surface area contributed by atoms with Crippen molar-refractivity contribution in [2.45, 2.75) is 6.04 Å². The molecule has 13 heavy (non-hydrogen) atoms. The molecule has 0 saturated carbocycles. The fourth-order valence-corrected chi connectivity index (χ4v) is 1.23. The van der Waals surface area contributed by atoms with E-state index in [0.717, 1.165) is 5.56 Å². The Morgan fingerprint density at radius 2 is 2.31 bits per heavy atom. The molecule has 0 heterocycles. The fraction of sp³-hybridized carbons (Fsp3) is 0.333. The van der Waals surface area contributed by atoms with Crippen LogP contribution in [0.15, 0.2) is 18.2 Å². The number of rotatable bonds is 3. The summed E-state index contributed by atoms with van der Waals surface area (Å²) in [5, 5.41) is 0. The summed E-state index contributed by atoms with van der Waals surface area (Å²) in [5.74, 6) is 0.332. The van der Waals surface area contributed by atoms with Crippen molar-refractivity contribution in [1.29, 1.82) is 0 Å². The van der Waals surface area contributed by atoms with E-state index >= 15 is 0 Å². The quantitative estimate of drug-likeness (QED) is 0.731. The second-order valence-electron chi connectivity index (χ2n) is 2.68. The van der Waals surface area contributed by atoms with Gasteiger partial charge in [0.15, 0.2) is 11.6 Å². The zero-order valence-electron chi connectivity index (χ0n) is 7.33. The molecule has 1 atom stereocenters. The molecular formula is C9H12FNOS. The normalized spacial score (nSPS) is 12.6. The first-order valence-corrected chi connectivity index (χ1v) is 4.52. The number of halogens is 1. The first kappa shape index (κ1) is 10.3. The van der Waals surface area contributed by atoms with E-state index < -0.39 is 5.82 Å². The van der Waals surface area contributed by atoms with Crippen molar-refractivity contribution >= 4 is 12.6 Å². The van der Waals surface area contributed by atoms with E-state index in [1.165, 1.54) is 13.2 Å². The third kappa shape index (κ3) is 2.35. The standard InChI is InChI=1S/C9H12FNOS/c1-12-9-3-2-6(4-7(9)10)8(11)5-13/h2-4,8,13H,5,11H2,1H3. The molecule has 1 aromatic carbocycles. The predicted molar refractivity (Wildman–Crippen MR) is 53.7 cm³/mol. The van der Waals surface area contributed by atoms with Crippen LogP contribution in [0, 0.1) is 5.82 Å². The lowest BCUT2D eigenvalue weighted by atomic mass is 10.1. The summed E-state index contributed by atoms with van der Waals surface area (Å²) in [5.41, 5.74) is 6.40. The summed E-state index contributed by atoms with van der Waals surface area (Å²) in [6.45, 7) is 0. The zero-order valence-corrected chi connectivity index (χ0v) is 8.22. The van der Waals surface area contributed by atoms with Crippen LogP contribution in [0.4, 0.5) is 4.39 Å². The minimum atomic E-state index is -0.391. The van der Waals surface area contributed by atoms with Crippen molar-refractivity contribution in [1.82, 2.24) is 0 Å². The van der Waals surface area contributed by atoms with Gasteiger partial charge in [0.2, 0.25) is 0 Å². The number of hydrogen-bond acceptors (Lipinski definition) is 3. The van der Waals surface area contributed by atoms with E-state index in [4.69, 9.17) is 10.5 Å². The molecule has 4 heteroatoms. The maximum absolute atomic E-state index is 13.1. The van der Waals surface area contributed by atoms with E-state index in [2.05, 4.69) is 12.6 Å². The van der Waals surface area contributed by atoms with Crippen LogP contribution in [0.2, 0.25) is 0 Å². The van der Waals surface area contributed by atoms with E-state index in [1.54, 1.807) is 12.1 Å². The molecule has 0 radical (unpaired) electrons. The minimum absolute atomic E-state index is 0.232. The Morgan fingerprint density at radius 3 is 2.77 bits per heavy atom. The van der Waals surface area contributed by atoms with Gasteiger partial charge in [-0.25, -0.2) is 4.39 Å². The lowest BCUT2D eigenvalue weighted by Gasteiger charge is -2.09. The van der Waals surface area contributed by atoms with Gasteiger partial charge in [0.1, 0.15) is 0 Å². The Bertz CT molecular complexity index is 293. The highest BCUT2D eigenvalue weighted by molar-refractivity contribution is 7.80. The fourth-order valence-electron chi connectivity index (χ4n) is 1.02. The highest BCUT2D eigenvalue weighted by Gasteiger charge is 2.07. The van der Waals surface area contributed by atoms with Crippen LogP contribution >= 0.6 is 12.6 Å². The topological polar surface area (TPSA) is 35.2 Å². The van der Waals surface area contributed by atoms with Gasteiger partial charge in [0.25, 0.3) is 0 Å². The zero-order chi connectivity index (χ0) is 9.84. The minimum Gasteiger partial charge on any atom is -0.494 e. The summed E-state index contributed by atoms with van der Waals surface area (Å²) in [6.07, 6.45) is 0. The molecule has 0 aliphatic heterocycles. The van der Waals surface area contributed by atoms with E-state index in [9.17, 15) is 4.39 Å². The first-order valence-electron chi connectivity index (χ1n) is 3.89. The summed E-state index contributed by atoms with van der Waals surface area (Å²) in [6, 6.07) is 4.44. The first-order chi connectivity index (χ1) is 6.19. The lowest BCUT2D eigenvalue weighted by Crippen LogP contribution is -2.11. The second-order valence-corrected chi connectivity index (χ2v) is 3.05. The van der Waals surface area contributed by atoms with Gasteiger partial charge >= 0.3 is 0 Å². The van der Waals surface area contributed by atoms with Gasteiger partial charge in [0, 0.05) is 11.8 Å². The number of thiol groups is 1. The molecule has 2 nitrogen and oxygen atoms in total. The van der Waals surface area contributed by atoms with Crippen LogP contribution in [0.3, 0.4) is 0 Å². The van der Waals surface area contributed by atoms with Gasteiger partial charge in [-0.3, -0.25) is 0 Å². The average Bonchev–Trinajstić information content (AvgIpc) is 2.16. The molecule has 0 fully saturated rings. The lowest BCUT2D eigenvalue weighted by molar-refractivity contribution is 0.386. The van der Waals surface area contributed by atoms with E-state index in [0.29, 0.717) is 5.75 Å². The van der Waals surface area contributed by atoms with Gasteiger partial charge in [0.05, 0.1) is 7.11 Å². The number of nitrogens with two attached hydrogens (primary N) is 1. The van der Waals surface area contributed by atoms with Gasteiger partial charge in [-0.05, 0) is 17.7 Å². The van der Waals surface area contributed by atoms with Gasteiger partial charge in [-0.15, -0.1) is 0 Å². The third-order valence-corrected chi connectivity index (χ3v) is 2.19. The predicted octanol–water partition coefficient (Wildman–Crippen LogP) is 1.76. The van der Waals surface area contributed by atoms with Crippen LogP contribution in [-0.4, -0.2) is 12.9 Å². The number of methoxy groups -OCH3 is 1. The van der Waals surface area contributed by atoms with Crippen LogP contribution in [0.5, 0.6) is 5.75 Å². The highest BCUT2D eigenvalue weighted by Crippen LogP contribution is 2.21. The smallest absolute Gasteiger partial charge is 0.165 e. The maximum Gasteiger partial charge on any atom is 0.165 e. The largest absolute Gasteiger partial charge is 0.494 e. The number of ether oxygens (including phenoxy) is 1. The molecule has 2 N–H and O–H groups in total. The van der Waals surface area contributed by atoms with Gasteiger partial charge in [-0.2, -0.15) is 12.6 Å². The third-order valence-electron chi connectivity index (χ3n) is 1.80. The Morgan fingerprint density at radius 1 is 1.62 bits per heavy atom. The van der Waals surface area contributed by atoms with Crippen LogP contribution < -0.4 is 10.5 Å². The van der Waals surface area contributed by atoms with Crippen LogP contribution in [-0.2, 0) is 0 Å². The molecule has 0 bridgehead atoms. The SMILES string of the molecule is COc1ccc(C(N)CS)cc1F. The molecule has 0 aliphatic carbocycles. The monoisotopic (exact) mass is 201 g/mol. The summed E-state index contributed by atoms with van der Waals surface area (Å²) >= 11 is 4.03. The average molecular weight is 201 g/mol. The molecular weight excluding hydrogens is 189 g/mol. The van der Waals surface area contributed by atoms with Gasteiger partial charge < -0.3 is 10.5 Å². The van der Waals surface area contributed by atoms with Crippen molar-refractivity contribution in [3.05, 3.63) is 29.6 Å². The van der Waals surface area contributed by atoms with E-state index in [-0.39, 0.29) is 11.8 Å². The Hall–Kier alpha value is -0.740. The van der Waals surface area contributed by atoms with Crippen LogP contribution in [0.25, 0.3) is 0 Å². The van der Waals surface area contributed by atoms with Gasteiger partial charge in [-0.1, -0.05) is 6.07 Å². The van der Waals surface area contributed by atoms with Crippen LogP contribution in [0.1, 0.15) is 11.6 Å². The van der Waals surface area contributed by atoms with E-state index in [1.807, 2.05) is 0 Å². The molecule has 1 aromatic rings. The number of benzene rings is 1. The molecule has 0 saturated heterocycles. The van der Waals surface area contributed by atoms with Crippen molar-refractivity contribution in [3.8, 4) is 5.75 Å². The Balaban J connectivity index is 2.95. The van der Waals surface area contributed by atoms with Crippen molar-refractivity contribution in [2.75, 3.05) is 12.9 Å². The van der Waals surface area contributed by atoms with Crippen molar-refractivity contribution in [2.24, 2.45) is 5.73 Å². The molecule has 0 amide bonds. The molecule has 1 rings (SSSR count). The molecule has 1 unspecified atom stereocenters. The molecule has 0 spiro atoms. The van der Waals surface area contributed by atoms with Crippen molar-refractivity contribution in [3.63, 3.8) is 0 Å².